The van der Waals surface area contributed by atoms with E-state index in [4.69, 9.17) is 16.3 Å². The Balaban J connectivity index is 2.85. The molecule has 0 saturated carbocycles. The van der Waals surface area contributed by atoms with Crippen LogP contribution in [0, 0.1) is 0 Å². The van der Waals surface area contributed by atoms with Crippen molar-refractivity contribution < 1.29 is 4.74 Å². The van der Waals surface area contributed by atoms with E-state index in [1.54, 1.807) is 0 Å². The van der Waals surface area contributed by atoms with Gasteiger partial charge in [0.05, 0.1) is 0 Å². The highest BCUT2D eigenvalue weighted by molar-refractivity contribution is 6.30. The van der Waals surface area contributed by atoms with E-state index in [0.29, 0.717) is 6.61 Å². The molecule has 0 radical (unpaired) electrons. The number of nitrogens with one attached hydrogen (secondary N) is 1. The molecular weight excluding hydrogens is 246 g/mol. The first-order valence-corrected chi connectivity index (χ1v) is 6.71. The molecule has 0 fully saturated rings. The molecule has 0 heterocycles. The first-order valence-electron chi connectivity index (χ1n) is 6.33. The van der Waals surface area contributed by atoms with Gasteiger partial charge < -0.3 is 10.1 Å². The third-order valence-electron chi connectivity index (χ3n) is 2.68. The number of rotatable bonds is 6. The van der Waals surface area contributed by atoms with E-state index in [-0.39, 0.29) is 6.04 Å². The van der Waals surface area contributed by atoms with Crippen LogP contribution in [0.3, 0.4) is 0 Å². The van der Waals surface area contributed by atoms with Gasteiger partial charge in [0.2, 0.25) is 0 Å². The lowest BCUT2D eigenvalue weighted by molar-refractivity contribution is 0.353. The first kappa shape index (κ1) is 15.1. The number of halogens is 1. The molecular formula is C15H22ClNO. The third kappa shape index (κ3) is 4.71. The van der Waals surface area contributed by atoms with Gasteiger partial charge in [0.15, 0.2) is 0 Å². The van der Waals surface area contributed by atoms with E-state index >= 15 is 0 Å². The van der Waals surface area contributed by atoms with E-state index in [9.17, 15) is 0 Å². The lowest BCUT2D eigenvalue weighted by Crippen LogP contribution is -2.18. The van der Waals surface area contributed by atoms with Crippen LogP contribution in [0.1, 0.15) is 39.3 Å². The summed E-state index contributed by atoms with van der Waals surface area (Å²) in [7, 11) is 0. The molecule has 1 aromatic rings. The third-order valence-corrected chi connectivity index (χ3v) is 2.91. The second-order valence-corrected chi connectivity index (χ2v) is 4.99. The second kappa shape index (κ2) is 7.45. The van der Waals surface area contributed by atoms with Gasteiger partial charge in [0.25, 0.3) is 0 Å². The number of hydrogen-bond donors (Lipinski definition) is 1. The highest BCUT2D eigenvalue weighted by Gasteiger charge is 2.11. The zero-order valence-electron chi connectivity index (χ0n) is 11.6. The number of hydrogen-bond acceptors (Lipinski definition) is 2. The predicted octanol–water partition coefficient (Wildman–Crippen LogP) is 4.36. The molecule has 0 amide bonds. The van der Waals surface area contributed by atoms with Crippen LogP contribution in [-0.4, -0.2) is 13.2 Å². The van der Waals surface area contributed by atoms with Crippen molar-refractivity contribution >= 4 is 11.6 Å². The van der Waals surface area contributed by atoms with Crippen LogP contribution in [0.4, 0.5) is 0 Å². The van der Waals surface area contributed by atoms with E-state index in [1.165, 1.54) is 5.57 Å². The van der Waals surface area contributed by atoms with Crippen LogP contribution in [0.25, 0.3) is 0 Å². The molecule has 0 spiro atoms. The summed E-state index contributed by atoms with van der Waals surface area (Å²) in [5.74, 6) is 0.894. The fourth-order valence-electron chi connectivity index (χ4n) is 1.70. The number of ether oxygens (including phenoxy) is 1. The van der Waals surface area contributed by atoms with Crippen LogP contribution in [0.2, 0.25) is 5.02 Å². The van der Waals surface area contributed by atoms with Gasteiger partial charge in [-0.1, -0.05) is 24.1 Å². The molecule has 0 aliphatic carbocycles. The van der Waals surface area contributed by atoms with Gasteiger partial charge in [0.1, 0.15) is 12.4 Å². The van der Waals surface area contributed by atoms with Crippen LogP contribution in [-0.2, 0) is 0 Å². The highest BCUT2D eigenvalue weighted by Crippen LogP contribution is 2.28. The number of allylic oxidation sites excluding steroid dienone is 1. The Morgan fingerprint density at radius 1 is 1.44 bits per heavy atom. The van der Waals surface area contributed by atoms with Crippen molar-refractivity contribution in [3.05, 3.63) is 40.4 Å². The molecule has 18 heavy (non-hydrogen) atoms. The summed E-state index contributed by atoms with van der Waals surface area (Å²) in [6.45, 7) is 9.84. The highest BCUT2D eigenvalue weighted by atomic mass is 35.5. The Bertz CT molecular complexity index is 411. The fraction of sp³-hybridized carbons (Fsp3) is 0.467. The van der Waals surface area contributed by atoms with Crippen molar-refractivity contribution in [3.8, 4) is 5.75 Å². The molecule has 2 nitrogen and oxygen atoms in total. The summed E-state index contributed by atoms with van der Waals surface area (Å²) in [6.07, 6.45) is 2.07. The molecule has 3 heteroatoms. The molecule has 1 N–H and O–H groups in total. The van der Waals surface area contributed by atoms with Gasteiger partial charge in [-0.2, -0.15) is 0 Å². The van der Waals surface area contributed by atoms with E-state index in [2.05, 4.69) is 39.1 Å². The average molecular weight is 268 g/mol. The smallest absolute Gasteiger partial charge is 0.124 e. The molecule has 0 aromatic heterocycles. The molecule has 100 valence electrons. The molecule has 0 bridgehead atoms. The largest absolute Gasteiger partial charge is 0.489 e. The monoisotopic (exact) mass is 267 g/mol. The Hall–Kier alpha value is -0.990. The summed E-state index contributed by atoms with van der Waals surface area (Å²) < 4.78 is 5.80. The maximum absolute atomic E-state index is 6.05. The van der Waals surface area contributed by atoms with E-state index in [1.807, 2.05) is 18.2 Å². The van der Waals surface area contributed by atoms with Gasteiger partial charge in [-0.15, -0.1) is 0 Å². The van der Waals surface area contributed by atoms with Crippen LogP contribution in [0.15, 0.2) is 29.8 Å². The van der Waals surface area contributed by atoms with Crippen molar-refractivity contribution in [2.24, 2.45) is 0 Å². The lowest BCUT2D eigenvalue weighted by Gasteiger charge is -2.17. The SMILES string of the molecule is CCNC(C)c1cc(Cl)ccc1OCC=C(C)C. The first-order chi connectivity index (χ1) is 8.54. The van der Waals surface area contributed by atoms with Crippen molar-refractivity contribution in [1.29, 1.82) is 0 Å². The van der Waals surface area contributed by atoms with E-state index in [0.717, 1.165) is 22.9 Å². The minimum atomic E-state index is 0.232. The zero-order chi connectivity index (χ0) is 13.5. The van der Waals surface area contributed by atoms with Crippen molar-refractivity contribution in [2.75, 3.05) is 13.2 Å². The second-order valence-electron chi connectivity index (χ2n) is 4.55. The quantitative estimate of drug-likeness (QED) is 0.774. The van der Waals surface area contributed by atoms with Crippen LogP contribution >= 0.6 is 11.6 Å². The number of benzene rings is 1. The van der Waals surface area contributed by atoms with Crippen LogP contribution < -0.4 is 10.1 Å². The lowest BCUT2D eigenvalue weighted by atomic mass is 10.1. The van der Waals surface area contributed by atoms with Crippen molar-refractivity contribution in [3.63, 3.8) is 0 Å². The Morgan fingerprint density at radius 2 is 2.17 bits per heavy atom. The molecule has 0 aliphatic heterocycles. The zero-order valence-corrected chi connectivity index (χ0v) is 12.3. The topological polar surface area (TPSA) is 21.3 Å². The maximum Gasteiger partial charge on any atom is 0.124 e. The predicted molar refractivity (Wildman–Crippen MR) is 78.5 cm³/mol. The molecule has 1 atom stereocenters. The van der Waals surface area contributed by atoms with Gasteiger partial charge in [-0.05, 0) is 51.6 Å². The minimum Gasteiger partial charge on any atom is -0.489 e. The molecule has 0 aliphatic rings. The van der Waals surface area contributed by atoms with Gasteiger partial charge in [-0.3, -0.25) is 0 Å². The standard InChI is InChI=1S/C15H22ClNO/c1-5-17-12(4)14-10-13(16)6-7-15(14)18-9-8-11(2)3/h6-8,10,12,17H,5,9H2,1-4H3. The summed E-state index contributed by atoms with van der Waals surface area (Å²) in [5.41, 5.74) is 2.36. The molecule has 1 rings (SSSR count). The summed E-state index contributed by atoms with van der Waals surface area (Å²) >= 11 is 6.05. The average Bonchev–Trinajstić information content (AvgIpc) is 2.31. The molecule has 0 saturated heterocycles. The summed E-state index contributed by atoms with van der Waals surface area (Å²) in [5, 5.41) is 4.11. The Kier molecular flexibility index (Phi) is 6.23. The maximum atomic E-state index is 6.05. The Morgan fingerprint density at radius 3 is 2.78 bits per heavy atom. The van der Waals surface area contributed by atoms with Crippen LogP contribution in [0.5, 0.6) is 5.75 Å². The van der Waals surface area contributed by atoms with E-state index < -0.39 is 0 Å². The Labute approximate surface area is 115 Å². The van der Waals surface area contributed by atoms with Crippen molar-refractivity contribution in [2.45, 2.75) is 33.7 Å². The normalized spacial score (nSPS) is 12.1. The van der Waals surface area contributed by atoms with Crippen molar-refractivity contribution in [1.82, 2.24) is 5.32 Å². The van der Waals surface area contributed by atoms with Gasteiger partial charge in [0, 0.05) is 16.6 Å². The fourth-order valence-corrected chi connectivity index (χ4v) is 1.88. The van der Waals surface area contributed by atoms with Gasteiger partial charge >= 0.3 is 0 Å². The molecule has 1 aromatic carbocycles. The van der Waals surface area contributed by atoms with Gasteiger partial charge in [-0.25, -0.2) is 0 Å². The molecule has 1 unspecified atom stereocenters. The summed E-state index contributed by atoms with van der Waals surface area (Å²) in [6, 6.07) is 5.99. The summed E-state index contributed by atoms with van der Waals surface area (Å²) in [4.78, 5) is 0. The minimum absolute atomic E-state index is 0.232.